The van der Waals surface area contributed by atoms with Crippen LogP contribution < -0.4 is 0 Å². The molecule has 2 heteroatoms. The third-order valence-electron chi connectivity index (χ3n) is 2.88. The minimum absolute atomic E-state index is 0.367. The van der Waals surface area contributed by atoms with Crippen LogP contribution in [0.1, 0.15) is 24.1 Å². The van der Waals surface area contributed by atoms with Crippen LogP contribution in [0.2, 0.25) is 0 Å². The highest BCUT2D eigenvalue weighted by Gasteiger charge is 2.21. The zero-order chi connectivity index (χ0) is 10.7. The molecule has 0 saturated heterocycles. The lowest BCUT2D eigenvalue weighted by atomic mass is 9.95. The summed E-state index contributed by atoms with van der Waals surface area (Å²) >= 11 is 0. The van der Waals surface area contributed by atoms with E-state index in [2.05, 4.69) is 47.9 Å². The minimum atomic E-state index is 0.367. The summed E-state index contributed by atoms with van der Waals surface area (Å²) in [5.74, 6) is 0. The molecule has 2 nitrogen and oxygen atoms in total. The first-order valence-electron chi connectivity index (χ1n) is 5.32. The largest absolute Gasteiger partial charge is 0.290 e. The highest BCUT2D eigenvalue weighted by atomic mass is 15.5. The van der Waals surface area contributed by atoms with Crippen LogP contribution in [-0.4, -0.2) is 17.8 Å². The average Bonchev–Trinajstić information content (AvgIpc) is 2.29. The predicted octanol–water partition coefficient (Wildman–Crippen LogP) is 2.78. The van der Waals surface area contributed by atoms with Crippen molar-refractivity contribution in [3.8, 4) is 0 Å². The van der Waals surface area contributed by atoms with Crippen LogP contribution in [0.3, 0.4) is 0 Å². The number of hydrazone groups is 1. The van der Waals surface area contributed by atoms with Gasteiger partial charge in [-0.1, -0.05) is 30.8 Å². The molecule has 0 aromatic heterocycles. The fraction of sp³-hybridized carbons (Fsp3) is 0.308. The number of allylic oxidation sites excluding steroid dienone is 1. The fourth-order valence-electron chi connectivity index (χ4n) is 2.05. The lowest BCUT2D eigenvalue weighted by molar-refractivity contribution is 0.209. The van der Waals surface area contributed by atoms with Crippen molar-refractivity contribution in [2.45, 2.75) is 19.4 Å². The molecule has 1 aliphatic heterocycles. The molecule has 0 bridgehead atoms. The van der Waals surface area contributed by atoms with E-state index >= 15 is 0 Å². The first-order valence-corrected chi connectivity index (χ1v) is 5.32. The SMILES string of the molecule is C=C/C=N\N1CCc2ccccc2[C@H]1C. The molecule has 0 spiro atoms. The van der Waals surface area contributed by atoms with E-state index in [0.29, 0.717) is 6.04 Å². The van der Waals surface area contributed by atoms with Gasteiger partial charge in [-0.2, -0.15) is 5.10 Å². The number of hydrogen-bond acceptors (Lipinski definition) is 2. The van der Waals surface area contributed by atoms with E-state index in [1.807, 2.05) is 0 Å². The Morgan fingerprint density at radius 3 is 3.07 bits per heavy atom. The molecule has 0 radical (unpaired) electrons. The van der Waals surface area contributed by atoms with Gasteiger partial charge in [-0.25, -0.2) is 0 Å². The molecule has 0 amide bonds. The number of fused-ring (bicyclic) bond motifs is 1. The first kappa shape index (κ1) is 9.97. The van der Waals surface area contributed by atoms with Gasteiger partial charge in [0.05, 0.1) is 6.04 Å². The van der Waals surface area contributed by atoms with E-state index in [9.17, 15) is 0 Å². The predicted molar refractivity (Wildman–Crippen MR) is 64.0 cm³/mol. The molecule has 1 aliphatic rings. The summed E-state index contributed by atoms with van der Waals surface area (Å²) in [6.45, 7) is 6.82. The van der Waals surface area contributed by atoms with Crippen LogP contribution in [0.15, 0.2) is 42.0 Å². The second kappa shape index (κ2) is 4.30. The Hall–Kier alpha value is -1.57. The lowest BCUT2D eigenvalue weighted by Gasteiger charge is -2.32. The van der Waals surface area contributed by atoms with Crippen LogP contribution in [0.5, 0.6) is 0 Å². The van der Waals surface area contributed by atoms with Crippen molar-refractivity contribution in [3.05, 3.63) is 48.0 Å². The summed E-state index contributed by atoms with van der Waals surface area (Å²) in [5, 5.41) is 6.49. The van der Waals surface area contributed by atoms with Gasteiger partial charge >= 0.3 is 0 Å². The Morgan fingerprint density at radius 2 is 2.27 bits per heavy atom. The van der Waals surface area contributed by atoms with Crippen LogP contribution in [0.25, 0.3) is 0 Å². The van der Waals surface area contributed by atoms with Crippen molar-refractivity contribution in [3.63, 3.8) is 0 Å². The molecule has 15 heavy (non-hydrogen) atoms. The van der Waals surface area contributed by atoms with Gasteiger partial charge in [0.1, 0.15) is 0 Å². The van der Waals surface area contributed by atoms with Crippen molar-refractivity contribution in [2.75, 3.05) is 6.54 Å². The first-order chi connectivity index (χ1) is 7.33. The fourth-order valence-corrected chi connectivity index (χ4v) is 2.05. The molecule has 0 unspecified atom stereocenters. The van der Waals surface area contributed by atoms with Gasteiger partial charge in [0.2, 0.25) is 0 Å². The van der Waals surface area contributed by atoms with Crippen LogP contribution in [-0.2, 0) is 6.42 Å². The zero-order valence-corrected chi connectivity index (χ0v) is 9.06. The van der Waals surface area contributed by atoms with Crippen LogP contribution >= 0.6 is 0 Å². The second-order valence-electron chi connectivity index (χ2n) is 3.79. The molecule has 0 fully saturated rings. The van der Waals surface area contributed by atoms with Gasteiger partial charge in [-0.15, -0.1) is 0 Å². The third-order valence-corrected chi connectivity index (χ3v) is 2.88. The Bertz CT molecular complexity index is 382. The van der Waals surface area contributed by atoms with E-state index in [-0.39, 0.29) is 0 Å². The van der Waals surface area contributed by atoms with Gasteiger partial charge in [0, 0.05) is 12.8 Å². The van der Waals surface area contributed by atoms with Gasteiger partial charge < -0.3 is 0 Å². The van der Waals surface area contributed by atoms with E-state index in [0.717, 1.165) is 13.0 Å². The van der Waals surface area contributed by atoms with Crippen molar-refractivity contribution in [2.24, 2.45) is 5.10 Å². The molecule has 1 heterocycles. The summed E-state index contributed by atoms with van der Waals surface area (Å²) in [6.07, 6.45) is 4.55. The monoisotopic (exact) mass is 200 g/mol. The molecular weight excluding hydrogens is 184 g/mol. The van der Waals surface area contributed by atoms with Gasteiger partial charge in [0.25, 0.3) is 0 Å². The van der Waals surface area contributed by atoms with Crippen LogP contribution in [0, 0.1) is 0 Å². The van der Waals surface area contributed by atoms with E-state index < -0.39 is 0 Å². The lowest BCUT2D eigenvalue weighted by Crippen LogP contribution is -2.29. The molecule has 0 saturated carbocycles. The molecule has 0 aliphatic carbocycles. The quantitative estimate of drug-likeness (QED) is 0.670. The van der Waals surface area contributed by atoms with Crippen molar-refractivity contribution in [1.29, 1.82) is 0 Å². The minimum Gasteiger partial charge on any atom is -0.290 e. The maximum absolute atomic E-state index is 4.37. The summed E-state index contributed by atoms with van der Waals surface area (Å²) in [6, 6.07) is 8.96. The smallest absolute Gasteiger partial charge is 0.0694 e. The van der Waals surface area contributed by atoms with E-state index in [1.54, 1.807) is 12.3 Å². The van der Waals surface area contributed by atoms with Gasteiger partial charge in [-0.05, 0) is 30.5 Å². The van der Waals surface area contributed by atoms with Crippen molar-refractivity contribution in [1.82, 2.24) is 5.01 Å². The summed E-state index contributed by atoms with van der Waals surface area (Å²) in [7, 11) is 0. The average molecular weight is 200 g/mol. The molecular formula is C13H16N2. The molecule has 1 aromatic carbocycles. The number of nitrogens with zero attached hydrogens (tertiary/aromatic N) is 2. The maximum Gasteiger partial charge on any atom is 0.0694 e. The Morgan fingerprint density at radius 1 is 1.47 bits per heavy atom. The standard InChI is InChI=1S/C13H16N2/c1-3-9-14-15-10-8-12-6-4-5-7-13(12)11(15)2/h3-7,9,11H,1,8,10H2,2H3/b14-9-/t11-/m1/s1. The summed E-state index contributed by atoms with van der Waals surface area (Å²) < 4.78 is 0. The maximum atomic E-state index is 4.37. The molecule has 1 aromatic rings. The molecule has 1 atom stereocenters. The van der Waals surface area contributed by atoms with Crippen LogP contribution in [0.4, 0.5) is 0 Å². The van der Waals surface area contributed by atoms with E-state index in [1.165, 1.54) is 11.1 Å². The normalized spacial score (nSPS) is 20.3. The van der Waals surface area contributed by atoms with Gasteiger partial charge in [0.15, 0.2) is 0 Å². The highest BCUT2D eigenvalue weighted by Crippen LogP contribution is 2.28. The van der Waals surface area contributed by atoms with E-state index in [4.69, 9.17) is 0 Å². The third kappa shape index (κ3) is 1.94. The van der Waals surface area contributed by atoms with Gasteiger partial charge in [-0.3, -0.25) is 5.01 Å². The number of benzene rings is 1. The number of hydrogen-bond donors (Lipinski definition) is 0. The number of rotatable bonds is 2. The Labute approximate surface area is 90.9 Å². The Balaban J connectivity index is 2.25. The molecule has 78 valence electrons. The summed E-state index contributed by atoms with van der Waals surface area (Å²) in [4.78, 5) is 0. The summed E-state index contributed by atoms with van der Waals surface area (Å²) in [5.41, 5.74) is 2.85. The highest BCUT2D eigenvalue weighted by molar-refractivity contribution is 5.69. The van der Waals surface area contributed by atoms with Crippen molar-refractivity contribution < 1.29 is 0 Å². The van der Waals surface area contributed by atoms with Crippen molar-refractivity contribution >= 4 is 6.21 Å². The Kier molecular flexibility index (Phi) is 2.86. The topological polar surface area (TPSA) is 15.6 Å². The molecule has 0 N–H and O–H groups in total. The zero-order valence-electron chi connectivity index (χ0n) is 9.06. The second-order valence-corrected chi connectivity index (χ2v) is 3.79. The molecule has 2 rings (SSSR count).